The van der Waals surface area contributed by atoms with Crippen molar-refractivity contribution in [2.24, 2.45) is 0 Å². The smallest absolute Gasteiger partial charge is 0.280 e. The standard InChI is InChI=1S/C20H24N4O/c1-12(2)23-13(3)11-16-14(8-6-10-18(16)23)20(25)24-19(21)15-7-4-5-9-17(15)22-24/h6,8,10-12H,4-5,7,9,21H2,1-3H3. The Morgan fingerprint density at radius 3 is 2.72 bits per heavy atom. The van der Waals surface area contributed by atoms with Gasteiger partial charge in [0.05, 0.1) is 11.3 Å². The first-order valence-electron chi connectivity index (χ1n) is 9.00. The minimum Gasteiger partial charge on any atom is -0.383 e. The molecule has 1 aliphatic carbocycles. The van der Waals surface area contributed by atoms with E-state index in [0.29, 0.717) is 17.4 Å². The van der Waals surface area contributed by atoms with Gasteiger partial charge in [-0.3, -0.25) is 4.79 Å². The third-order valence-corrected chi connectivity index (χ3v) is 5.21. The van der Waals surface area contributed by atoms with Crippen LogP contribution in [0.25, 0.3) is 10.9 Å². The minimum absolute atomic E-state index is 0.140. The molecule has 0 aliphatic heterocycles. The van der Waals surface area contributed by atoms with Crippen LogP contribution in [-0.2, 0) is 12.8 Å². The molecule has 4 rings (SSSR count). The summed E-state index contributed by atoms with van der Waals surface area (Å²) >= 11 is 0. The molecule has 0 amide bonds. The highest BCUT2D eigenvalue weighted by atomic mass is 16.2. The number of nitrogens with two attached hydrogens (primary N) is 1. The van der Waals surface area contributed by atoms with E-state index in [1.54, 1.807) is 0 Å². The average Bonchev–Trinajstić information content (AvgIpc) is 3.11. The number of fused-ring (bicyclic) bond motifs is 2. The number of hydrogen-bond donors (Lipinski definition) is 1. The number of aromatic nitrogens is 3. The van der Waals surface area contributed by atoms with E-state index in [4.69, 9.17) is 5.73 Å². The predicted molar refractivity (Wildman–Crippen MR) is 100 cm³/mol. The topological polar surface area (TPSA) is 65.8 Å². The summed E-state index contributed by atoms with van der Waals surface area (Å²) in [6.07, 6.45) is 4.06. The number of rotatable bonds is 2. The highest BCUT2D eigenvalue weighted by molar-refractivity contribution is 6.08. The quantitative estimate of drug-likeness (QED) is 0.772. The Balaban J connectivity index is 1.87. The largest absolute Gasteiger partial charge is 0.383 e. The molecule has 1 aromatic carbocycles. The summed E-state index contributed by atoms with van der Waals surface area (Å²) in [5.41, 5.74) is 11.2. The fourth-order valence-electron chi connectivity index (χ4n) is 4.10. The van der Waals surface area contributed by atoms with Crippen molar-refractivity contribution in [1.82, 2.24) is 14.3 Å². The van der Waals surface area contributed by atoms with E-state index in [9.17, 15) is 4.79 Å². The molecule has 0 unspecified atom stereocenters. The van der Waals surface area contributed by atoms with Crippen LogP contribution in [-0.4, -0.2) is 20.3 Å². The van der Waals surface area contributed by atoms with Crippen LogP contribution in [0.1, 0.15) is 60.0 Å². The Morgan fingerprint density at radius 2 is 2.00 bits per heavy atom. The van der Waals surface area contributed by atoms with Crippen LogP contribution in [0.2, 0.25) is 0 Å². The van der Waals surface area contributed by atoms with Gasteiger partial charge in [0.2, 0.25) is 0 Å². The molecule has 5 nitrogen and oxygen atoms in total. The fourth-order valence-corrected chi connectivity index (χ4v) is 4.10. The summed E-state index contributed by atoms with van der Waals surface area (Å²) < 4.78 is 3.66. The van der Waals surface area contributed by atoms with Gasteiger partial charge in [0.25, 0.3) is 5.91 Å². The summed E-state index contributed by atoms with van der Waals surface area (Å²) in [6.45, 7) is 6.39. The van der Waals surface area contributed by atoms with E-state index < -0.39 is 0 Å². The summed E-state index contributed by atoms with van der Waals surface area (Å²) in [5.74, 6) is 0.370. The maximum atomic E-state index is 13.2. The lowest BCUT2D eigenvalue weighted by atomic mass is 9.98. The number of carbonyl (C=O) groups excluding carboxylic acids is 1. The van der Waals surface area contributed by atoms with Gasteiger partial charge in [0.15, 0.2) is 0 Å². The van der Waals surface area contributed by atoms with Crippen LogP contribution in [0.3, 0.4) is 0 Å². The third kappa shape index (κ3) is 2.37. The second-order valence-corrected chi connectivity index (χ2v) is 7.22. The average molecular weight is 336 g/mol. The van der Waals surface area contributed by atoms with E-state index in [1.165, 1.54) is 4.68 Å². The van der Waals surface area contributed by atoms with E-state index in [-0.39, 0.29) is 5.91 Å². The van der Waals surface area contributed by atoms with E-state index in [1.807, 2.05) is 12.1 Å². The zero-order valence-corrected chi connectivity index (χ0v) is 15.0. The number of carbonyl (C=O) groups is 1. The Kier molecular flexibility index (Phi) is 3.67. The monoisotopic (exact) mass is 336 g/mol. The minimum atomic E-state index is -0.140. The van der Waals surface area contributed by atoms with E-state index in [2.05, 4.69) is 42.6 Å². The Bertz CT molecular complexity index is 977. The summed E-state index contributed by atoms with van der Waals surface area (Å²) in [6, 6.07) is 8.30. The lowest BCUT2D eigenvalue weighted by Gasteiger charge is -2.12. The number of nitrogens with zero attached hydrogens (tertiary/aromatic N) is 3. The molecule has 0 atom stereocenters. The molecule has 2 heterocycles. The lowest BCUT2D eigenvalue weighted by molar-refractivity contribution is 0.0949. The first-order valence-corrected chi connectivity index (χ1v) is 9.00. The summed E-state index contributed by atoms with van der Waals surface area (Å²) in [4.78, 5) is 13.2. The van der Waals surface area contributed by atoms with E-state index in [0.717, 1.165) is 53.5 Å². The summed E-state index contributed by atoms with van der Waals surface area (Å²) in [7, 11) is 0. The molecule has 0 saturated heterocycles. The zero-order valence-electron chi connectivity index (χ0n) is 15.0. The fraction of sp³-hybridized carbons (Fsp3) is 0.400. The molecule has 25 heavy (non-hydrogen) atoms. The molecular formula is C20H24N4O. The maximum Gasteiger partial charge on any atom is 0.280 e. The number of nitrogen functional groups attached to an aromatic ring is 1. The van der Waals surface area contributed by atoms with Gasteiger partial charge in [-0.15, -0.1) is 0 Å². The van der Waals surface area contributed by atoms with Crippen molar-refractivity contribution in [2.45, 2.75) is 52.5 Å². The normalized spacial score (nSPS) is 14.2. The summed E-state index contributed by atoms with van der Waals surface area (Å²) in [5, 5.41) is 5.50. The third-order valence-electron chi connectivity index (χ3n) is 5.21. The van der Waals surface area contributed by atoms with Crippen molar-refractivity contribution in [1.29, 1.82) is 0 Å². The molecule has 1 aliphatic rings. The maximum absolute atomic E-state index is 13.2. The van der Waals surface area contributed by atoms with Crippen molar-refractivity contribution < 1.29 is 4.79 Å². The molecule has 0 fully saturated rings. The molecule has 130 valence electrons. The van der Waals surface area contributed by atoms with Gasteiger partial charge in [-0.05, 0) is 64.7 Å². The Hall–Kier alpha value is -2.56. The number of aryl methyl sites for hydroxylation is 2. The molecule has 0 saturated carbocycles. The molecule has 5 heteroatoms. The molecule has 0 spiro atoms. The van der Waals surface area contributed by atoms with Crippen molar-refractivity contribution in [2.75, 3.05) is 5.73 Å². The van der Waals surface area contributed by atoms with Crippen LogP contribution in [0.5, 0.6) is 0 Å². The van der Waals surface area contributed by atoms with Crippen molar-refractivity contribution in [3.05, 3.63) is 46.8 Å². The van der Waals surface area contributed by atoms with Gasteiger partial charge < -0.3 is 10.3 Å². The van der Waals surface area contributed by atoms with Gasteiger partial charge in [-0.2, -0.15) is 9.78 Å². The first kappa shape index (κ1) is 15.9. The highest BCUT2D eigenvalue weighted by Gasteiger charge is 2.24. The highest BCUT2D eigenvalue weighted by Crippen LogP contribution is 2.30. The van der Waals surface area contributed by atoms with Gasteiger partial charge in [0.1, 0.15) is 5.82 Å². The molecule has 0 bridgehead atoms. The molecule has 2 aromatic heterocycles. The van der Waals surface area contributed by atoms with Gasteiger partial charge in [-0.1, -0.05) is 6.07 Å². The van der Waals surface area contributed by atoms with Gasteiger partial charge in [0, 0.05) is 28.2 Å². The molecule has 2 N–H and O–H groups in total. The number of benzene rings is 1. The van der Waals surface area contributed by atoms with Crippen molar-refractivity contribution >= 4 is 22.6 Å². The van der Waals surface area contributed by atoms with E-state index >= 15 is 0 Å². The van der Waals surface area contributed by atoms with Crippen molar-refractivity contribution in [3.63, 3.8) is 0 Å². The second-order valence-electron chi connectivity index (χ2n) is 7.22. The van der Waals surface area contributed by atoms with Crippen molar-refractivity contribution in [3.8, 4) is 0 Å². The van der Waals surface area contributed by atoms with Gasteiger partial charge in [-0.25, -0.2) is 0 Å². The Morgan fingerprint density at radius 1 is 1.24 bits per heavy atom. The lowest BCUT2D eigenvalue weighted by Crippen LogP contribution is -2.17. The van der Waals surface area contributed by atoms with Gasteiger partial charge >= 0.3 is 0 Å². The predicted octanol–water partition coefficient (Wildman–Crippen LogP) is 3.88. The number of hydrogen-bond acceptors (Lipinski definition) is 3. The number of anilines is 1. The first-order chi connectivity index (χ1) is 12.0. The molecule has 3 aromatic rings. The SMILES string of the molecule is Cc1cc2c(C(=O)n3nc4c(c3N)CCCC4)cccc2n1C(C)C. The van der Waals surface area contributed by atoms with Crippen LogP contribution in [0, 0.1) is 6.92 Å². The Labute approximate surface area is 147 Å². The zero-order chi connectivity index (χ0) is 17.7. The second kappa shape index (κ2) is 5.76. The molecule has 0 radical (unpaired) electrons. The van der Waals surface area contributed by atoms with Crippen LogP contribution < -0.4 is 5.73 Å². The van der Waals surface area contributed by atoms with Crippen LogP contribution in [0.4, 0.5) is 5.82 Å². The molecular weight excluding hydrogens is 312 g/mol. The van der Waals surface area contributed by atoms with Crippen LogP contribution in [0.15, 0.2) is 24.3 Å². The van der Waals surface area contributed by atoms with Crippen LogP contribution >= 0.6 is 0 Å².